The van der Waals surface area contributed by atoms with Gasteiger partial charge in [-0.05, 0) is 68.1 Å². The number of hydrogen-bond donors (Lipinski definition) is 1. The average Bonchev–Trinajstić information content (AvgIpc) is 2.42. The van der Waals surface area contributed by atoms with Crippen LogP contribution in [0.2, 0.25) is 0 Å². The van der Waals surface area contributed by atoms with Crippen LogP contribution in [0.25, 0.3) is 0 Å². The van der Waals surface area contributed by atoms with Gasteiger partial charge in [0.25, 0.3) is 0 Å². The number of nitrogens with two attached hydrogens (primary N) is 1. The van der Waals surface area contributed by atoms with Gasteiger partial charge in [-0.2, -0.15) is 0 Å². The molecule has 2 N–H and O–H groups in total. The predicted octanol–water partition coefficient (Wildman–Crippen LogP) is 3.99. The first-order valence-corrected chi connectivity index (χ1v) is 6.73. The molecule has 0 fully saturated rings. The van der Waals surface area contributed by atoms with Gasteiger partial charge in [0, 0.05) is 0 Å². The Morgan fingerprint density at radius 3 is 2.42 bits per heavy atom. The van der Waals surface area contributed by atoms with Crippen molar-refractivity contribution < 1.29 is 4.74 Å². The monoisotopic (exact) mass is 255 g/mol. The van der Waals surface area contributed by atoms with Crippen LogP contribution >= 0.6 is 0 Å². The van der Waals surface area contributed by atoms with Crippen molar-refractivity contribution in [3.63, 3.8) is 0 Å². The highest BCUT2D eigenvalue weighted by molar-refractivity contribution is 5.40. The van der Waals surface area contributed by atoms with Gasteiger partial charge in [-0.15, -0.1) is 0 Å². The Labute approximate surface area is 115 Å². The van der Waals surface area contributed by atoms with Crippen molar-refractivity contribution in [2.24, 2.45) is 5.73 Å². The fourth-order valence-corrected chi connectivity index (χ4v) is 1.97. The molecule has 0 unspecified atom stereocenters. The number of hydrogen-bond acceptors (Lipinski definition) is 2. The largest absolute Gasteiger partial charge is 0.457 e. The first-order valence-electron chi connectivity index (χ1n) is 6.73. The van der Waals surface area contributed by atoms with Crippen LogP contribution in [0.5, 0.6) is 11.5 Å². The van der Waals surface area contributed by atoms with Gasteiger partial charge in [-0.25, -0.2) is 0 Å². The van der Waals surface area contributed by atoms with Crippen molar-refractivity contribution >= 4 is 0 Å². The third kappa shape index (κ3) is 3.83. The third-order valence-corrected chi connectivity index (χ3v) is 3.16. The Hall–Kier alpha value is -1.80. The molecular formula is C17H21NO. The molecule has 0 aromatic heterocycles. The standard InChI is InChI=1S/C17H21NO/c1-13-5-6-14(2)17(12-13)19-16-9-7-15(8-10-16)4-3-11-18/h5-10,12H,3-4,11,18H2,1-2H3. The highest BCUT2D eigenvalue weighted by atomic mass is 16.5. The van der Waals surface area contributed by atoms with Crippen LogP contribution < -0.4 is 10.5 Å². The van der Waals surface area contributed by atoms with E-state index in [1.165, 1.54) is 11.1 Å². The molecule has 0 atom stereocenters. The van der Waals surface area contributed by atoms with Crippen molar-refractivity contribution in [3.05, 3.63) is 59.2 Å². The molecule has 0 saturated heterocycles. The van der Waals surface area contributed by atoms with Gasteiger partial charge in [0.1, 0.15) is 11.5 Å². The number of aryl methyl sites for hydroxylation is 3. The fourth-order valence-electron chi connectivity index (χ4n) is 1.97. The molecule has 2 nitrogen and oxygen atoms in total. The molecule has 100 valence electrons. The van der Waals surface area contributed by atoms with Crippen molar-refractivity contribution in [2.75, 3.05) is 6.54 Å². The molecule has 2 aromatic carbocycles. The van der Waals surface area contributed by atoms with Gasteiger partial charge >= 0.3 is 0 Å². The van der Waals surface area contributed by atoms with E-state index >= 15 is 0 Å². The molecule has 0 aliphatic carbocycles. The lowest BCUT2D eigenvalue weighted by molar-refractivity contribution is 0.478. The SMILES string of the molecule is Cc1ccc(C)c(Oc2ccc(CCCN)cc2)c1. The maximum atomic E-state index is 5.92. The van der Waals surface area contributed by atoms with Crippen LogP contribution in [0, 0.1) is 13.8 Å². The normalized spacial score (nSPS) is 10.5. The van der Waals surface area contributed by atoms with Crippen LogP contribution in [0.3, 0.4) is 0 Å². The van der Waals surface area contributed by atoms with Gasteiger partial charge in [0.15, 0.2) is 0 Å². The van der Waals surface area contributed by atoms with Gasteiger partial charge in [-0.3, -0.25) is 0 Å². The molecule has 0 heterocycles. The lowest BCUT2D eigenvalue weighted by Crippen LogP contribution is -2.00. The highest BCUT2D eigenvalue weighted by Gasteiger charge is 2.02. The fraction of sp³-hybridized carbons (Fsp3) is 0.294. The number of benzene rings is 2. The second kappa shape index (κ2) is 6.39. The Balaban J connectivity index is 2.08. The third-order valence-electron chi connectivity index (χ3n) is 3.16. The van der Waals surface area contributed by atoms with E-state index < -0.39 is 0 Å². The lowest BCUT2D eigenvalue weighted by Gasteiger charge is -2.10. The van der Waals surface area contributed by atoms with E-state index in [4.69, 9.17) is 10.5 Å². The first kappa shape index (κ1) is 13.6. The molecule has 2 heteroatoms. The highest BCUT2D eigenvalue weighted by Crippen LogP contribution is 2.26. The first-order chi connectivity index (χ1) is 9.19. The number of ether oxygens (including phenoxy) is 1. The summed E-state index contributed by atoms with van der Waals surface area (Å²) in [4.78, 5) is 0. The molecule has 0 aliphatic rings. The molecular weight excluding hydrogens is 234 g/mol. The zero-order chi connectivity index (χ0) is 13.7. The van der Waals surface area contributed by atoms with Gasteiger partial charge in [-0.1, -0.05) is 24.3 Å². The smallest absolute Gasteiger partial charge is 0.130 e. The molecule has 0 radical (unpaired) electrons. The van der Waals surface area contributed by atoms with E-state index in [-0.39, 0.29) is 0 Å². The Morgan fingerprint density at radius 2 is 1.74 bits per heavy atom. The Kier molecular flexibility index (Phi) is 4.58. The van der Waals surface area contributed by atoms with E-state index in [9.17, 15) is 0 Å². The van der Waals surface area contributed by atoms with E-state index in [2.05, 4.69) is 44.2 Å². The molecule has 19 heavy (non-hydrogen) atoms. The van der Waals surface area contributed by atoms with E-state index in [1.54, 1.807) is 0 Å². The molecule has 2 aromatic rings. The van der Waals surface area contributed by atoms with Gasteiger partial charge in [0.05, 0.1) is 0 Å². The molecule has 0 saturated carbocycles. The summed E-state index contributed by atoms with van der Waals surface area (Å²) in [6, 6.07) is 14.5. The van der Waals surface area contributed by atoms with Crippen molar-refractivity contribution in [1.82, 2.24) is 0 Å². The minimum Gasteiger partial charge on any atom is -0.457 e. The average molecular weight is 255 g/mol. The Morgan fingerprint density at radius 1 is 1.00 bits per heavy atom. The summed E-state index contributed by atoms with van der Waals surface area (Å²) in [5.41, 5.74) is 9.18. The molecule has 2 rings (SSSR count). The quantitative estimate of drug-likeness (QED) is 0.876. The Bertz CT molecular complexity index is 531. The zero-order valence-electron chi connectivity index (χ0n) is 11.6. The van der Waals surface area contributed by atoms with E-state index in [0.717, 1.165) is 36.4 Å². The molecule has 0 amide bonds. The maximum absolute atomic E-state index is 5.92. The topological polar surface area (TPSA) is 35.2 Å². The summed E-state index contributed by atoms with van der Waals surface area (Å²) in [5.74, 6) is 1.81. The van der Waals surface area contributed by atoms with Crippen LogP contribution in [-0.4, -0.2) is 6.54 Å². The summed E-state index contributed by atoms with van der Waals surface area (Å²) >= 11 is 0. The summed E-state index contributed by atoms with van der Waals surface area (Å²) in [5, 5.41) is 0. The van der Waals surface area contributed by atoms with Gasteiger partial charge in [0.2, 0.25) is 0 Å². The van der Waals surface area contributed by atoms with E-state index in [0.29, 0.717) is 0 Å². The predicted molar refractivity (Wildman–Crippen MR) is 79.8 cm³/mol. The van der Waals surface area contributed by atoms with Crippen molar-refractivity contribution in [1.29, 1.82) is 0 Å². The molecule has 0 spiro atoms. The molecule has 0 bridgehead atoms. The summed E-state index contributed by atoms with van der Waals surface area (Å²) < 4.78 is 5.92. The van der Waals surface area contributed by atoms with Crippen molar-refractivity contribution in [2.45, 2.75) is 26.7 Å². The van der Waals surface area contributed by atoms with Crippen molar-refractivity contribution in [3.8, 4) is 11.5 Å². The summed E-state index contributed by atoms with van der Waals surface area (Å²) in [6.45, 7) is 4.87. The van der Waals surface area contributed by atoms with Crippen LogP contribution in [0.4, 0.5) is 0 Å². The zero-order valence-corrected chi connectivity index (χ0v) is 11.6. The van der Waals surface area contributed by atoms with E-state index in [1.807, 2.05) is 12.1 Å². The summed E-state index contributed by atoms with van der Waals surface area (Å²) in [7, 11) is 0. The van der Waals surface area contributed by atoms with Crippen LogP contribution in [0.1, 0.15) is 23.1 Å². The maximum Gasteiger partial charge on any atom is 0.130 e. The van der Waals surface area contributed by atoms with Crippen LogP contribution in [-0.2, 0) is 6.42 Å². The number of rotatable bonds is 5. The van der Waals surface area contributed by atoms with Crippen LogP contribution in [0.15, 0.2) is 42.5 Å². The minimum atomic E-state index is 0.737. The van der Waals surface area contributed by atoms with Gasteiger partial charge < -0.3 is 10.5 Å². The second-order valence-corrected chi connectivity index (χ2v) is 4.91. The summed E-state index contributed by atoms with van der Waals surface area (Å²) in [6.07, 6.45) is 2.05. The lowest BCUT2D eigenvalue weighted by atomic mass is 10.1. The second-order valence-electron chi connectivity index (χ2n) is 4.91. The minimum absolute atomic E-state index is 0.737. The molecule has 0 aliphatic heterocycles.